The van der Waals surface area contributed by atoms with Gasteiger partial charge in [-0.1, -0.05) is 0 Å². The van der Waals surface area contributed by atoms with Crippen LogP contribution in [0.5, 0.6) is 0 Å². The predicted octanol–water partition coefficient (Wildman–Crippen LogP) is 0.749. The molecule has 1 rings (SSSR count). The highest BCUT2D eigenvalue weighted by atomic mass is 16.5. The molecule has 0 aromatic heterocycles. The van der Waals surface area contributed by atoms with E-state index in [9.17, 15) is 4.79 Å². The van der Waals surface area contributed by atoms with Gasteiger partial charge in [0.15, 0.2) is 0 Å². The Morgan fingerprint density at radius 2 is 2.20 bits per heavy atom. The van der Waals surface area contributed by atoms with Crippen LogP contribution in [-0.2, 0) is 9.53 Å². The zero-order valence-electron chi connectivity index (χ0n) is 5.88. The summed E-state index contributed by atoms with van der Waals surface area (Å²) in [4.78, 5) is 13.3. The summed E-state index contributed by atoms with van der Waals surface area (Å²) in [6, 6.07) is 0. The van der Waals surface area contributed by atoms with E-state index in [4.69, 9.17) is 4.74 Å². The molecule has 0 radical (unpaired) electrons. The molecule has 1 heterocycles. The van der Waals surface area contributed by atoms with Gasteiger partial charge in [0.1, 0.15) is 0 Å². The van der Waals surface area contributed by atoms with Crippen LogP contribution in [0.25, 0.3) is 0 Å². The maximum Gasteiger partial charge on any atom is 0.234 e. The molecule has 0 atom stereocenters. The third-order valence-electron chi connectivity index (χ3n) is 1.75. The van der Waals surface area contributed by atoms with Crippen molar-refractivity contribution in [2.24, 2.45) is 10.9 Å². The van der Waals surface area contributed by atoms with Crippen molar-refractivity contribution in [1.82, 2.24) is 0 Å². The number of hydrogen-bond donors (Lipinski definition) is 0. The summed E-state index contributed by atoms with van der Waals surface area (Å²) < 4.78 is 5.14. The van der Waals surface area contributed by atoms with E-state index < -0.39 is 0 Å². The van der Waals surface area contributed by atoms with E-state index in [1.165, 1.54) is 0 Å². The lowest BCUT2D eigenvalue weighted by Crippen LogP contribution is -2.17. The zero-order chi connectivity index (χ0) is 7.23. The summed E-state index contributed by atoms with van der Waals surface area (Å²) in [5.74, 6) is 0.551. The number of carbonyl (C=O) groups excluding carboxylic acids is 1. The maximum absolute atomic E-state index is 9.72. The molecule has 0 amide bonds. The minimum Gasteiger partial charge on any atom is -0.381 e. The molecule has 3 heteroatoms. The monoisotopic (exact) mass is 141 g/mol. The Morgan fingerprint density at radius 1 is 1.50 bits per heavy atom. The van der Waals surface area contributed by atoms with E-state index in [1.54, 1.807) is 6.08 Å². The van der Waals surface area contributed by atoms with E-state index in [0.29, 0.717) is 12.5 Å². The van der Waals surface area contributed by atoms with Crippen LogP contribution < -0.4 is 0 Å². The van der Waals surface area contributed by atoms with Gasteiger partial charge in [-0.25, -0.2) is 9.79 Å². The van der Waals surface area contributed by atoms with Gasteiger partial charge in [0.05, 0.1) is 6.54 Å². The maximum atomic E-state index is 9.72. The van der Waals surface area contributed by atoms with Crippen LogP contribution in [0.15, 0.2) is 4.99 Å². The Kier molecular flexibility index (Phi) is 3.13. The van der Waals surface area contributed by atoms with Crippen LogP contribution in [0.3, 0.4) is 0 Å². The first kappa shape index (κ1) is 7.45. The van der Waals surface area contributed by atoms with Gasteiger partial charge in [0.25, 0.3) is 0 Å². The van der Waals surface area contributed by atoms with Crippen LogP contribution in [0.4, 0.5) is 0 Å². The van der Waals surface area contributed by atoms with E-state index >= 15 is 0 Å². The molecule has 1 fully saturated rings. The minimum atomic E-state index is 0.551. The fraction of sp³-hybridized carbons (Fsp3) is 0.857. The average Bonchev–Trinajstić information content (AvgIpc) is 2.03. The molecule has 10 heavy (non-hydrogen) atoms. The Morgan fingerprint density at radius 3 is 2.80 bits per heavy atom. The first-order valence-corrected chi connectivity index (χ1v) is 3.55. The molecule has 1 aliphatic heterocycles. The summed E-state index contributed by atoms with van der Waals surface area (Å²) in [5.41, 5.74) is 0. The molecule has 0 aliphatic carbocycles. The highest BCUT2D eigenvalue weighted by Crippen LogP contribution is 2.13. The molecule has 0 aromatic rings. The van der Waals surface area contributed by atoms with Crippen molar-refractivity contribution in [3.63, 3.8) is 0 Å². The van der Waals surface area contributed by atoms with Crippen LogP contribution in [0.1, 0.15) is 12.8 Å². The summed E-state index contributed by atoms with van der Waals surface area (Å²) >= 11 is 0. The van der Waals surface area contributed by atoms with Crippen LogP contribution in [0.2, 0.25) is 0 Å². The standard InChI is InChI=1S/C7H11NO2/c9-6-8-5-7-1-3-10-4-2-7/h7H,1-5H2. The first-order valence-electron chi connectivity index (χ1n) is 3.55. The van der Waals surface area contributed by atoms with E-state index in [0.717, 1.165) is 26.1 Å². The quantitative estimate of drug-likeness (QED) is 0.420. The number of nitrogens with zero attached hydrogens (tertiary/aromatic N) is 1. The molecule has 0 aromatic carbocycles. The smallest absolute Gasteiger partial charge is 0.234 e. The van der Waals surface area contributed by atoms with E-state index in [1.807, 2.05) is 0 Å². The minimum absolute atomic E-state index is 0.551. The second-order valence-electron chi connectivity index (χ2n) is 2.49. The molecule has 0 bridgehead atoms. The fourth-order valence-electron chi connectivity index (χ4n) is 1.10. The lowest BCUT2D eigenvalue weighted by molar-refractivity contribution is 0.0689. The molecule has 0 N–H and O–H groups in total. The van der Waals surface area contributed by atoms with E-state index in [-0.39, 0.29) is 0 Å². The number of ether oxygens (including phenoxy) is 1. The Balaban J connectivity index is 2.19. The molecule has 56 valence electrons. The number of isocyanates is 1. The van der Waals surface area contributed by atoms with Gasteiger partial charge in [0, 0.05) is 13.2 Å². The van der Waals surface area contributed by atoms with Crippen molar-refractivity contribution in [2.45, 2.75) is 12.8 Å². The Bertz CT molecular complexity index is 135. The van der Waals surface area contributed by atoms with Crippen molar-refractivity contribution in [3.05, 3.63) is 0 Å². The molecule has 0 spiro atoms. The number of hydrogen-bond acceptors (Lipinski definition) is 3. The van der Waals surface area contributed by atoms with Crippen molar-refractivity contribution < 1.29 is 9.53 Å². The molecular weight excluding hydrogens is 130 g/mol. The van der Waals surface area contributed by atoms with Crippen LogP contribution >= 0.6 is 0 Å². The second kappa shape index (κ2) is 4.20. The molecule has 0 saturated carbocycles. The van der Waals surface area contributed by atoms with Crippen molar-refractivity contribution >= 4 is 6.08 Å². The highest BCUT2D eigenvalue weighted by Gasteiger charge is 2.12. The summed E-state index contributed by atoms with van der Waals surface area (Å²) in [7, 11) is 0. The second-order valence-corrected chi connectivity index (χ2v) is 2.49. The van der Waals surface area contributed by atoms with Gasteiger partial charge >= 0.3 is 0 Å². The van der Waals surface area contributed by atoms with Gasteiger partial charge < -0.3 is 4.74 Å². The molecule has 3 nitrogen and oxygen atoms in total. The van der Waals surface area contributed by atoms with Gasteiger partial charge in [-0.2, -0.15) is 0 Å². The average molecular weight is 141 g/mol. The molecule has 1 aliphatic rings. The van der Waals surface area contributed by atoms with E-state index in [2.05, 4.69) is 4.99 Å². The molecule has 0 unspecified atom stereocenters. The third kappa shape index (κ3) is 2.29. The highest BCUT2D eigenvalue weighted by molar-refractivity contribution is 5.32. The van der Waals surface area contributed by atoms with Crippen LogP contribution in [0, 0.1) is 5.92 Å². The Hall–Kier alpha value is -0.660. The SMILES string of the molecule is O=C=NCC1CCOCC1. The molecular formula is C7H11NO2. The Labute approximate surface area is 60.1 Å². The first-order chi connectivity index (χ1) is 4.93. The topological polar surface area (TPSA) is 38.7 Å². The van der Waals surface area contributed by atoms with Gasteiger partial charge in [0.2, 0.25) is 6.08 Å². The normalized spacial score (nSPS) is 20.0. The predicted molar refractivity (Wildman–Crippen MR) is 36.5 cm³/mol. The summed E-state index contributed by atoms with van der Waals surface area (Å²) in [6.45, 7) is 2.27. The van der Waals surface area contributed by atoms with Gasteiger partial charge in [-0.3, -0.25) is 0 Å². The number of aliphatic imine (C=N–C) groups is 1. The van der Waals surface area contributed by atoms with Crippen molar-refractivity contribution in [2.75, 3.05) is 19.8 Å². The zero-order valence-corrected chi connectivity index (χ0v) is 5.88. The summed E-state index contributed by atoms with van der Waals surface area (Å²) in [6.07, 6.45) is 3.62. The lowest BCUT2D eigenvalue weighted by atomic mass is 10.0. The van der Waals surface area contributed by atoms with Crippen LogP contribution in [-0.4, -0.2) is 25.8 Å². The van der Waals surface area contributed by atoms with Gasteiger partial charge in [-0.15, -0.1) is 0 Å². The summed E-state index contributed by atoms with van der Waals surface area (Å²) in [5, 5.41) is 0. The van der Waals surface area contributed by atoms with Gasteiger partial charge in [-0.05, 0) is 18.8 Å². The largest absolute Gasteiger partial charge is 0.381 e. The fourth-order valence-corrected chi connectivity index (χ4v) is 1.10. The van der Waals surface area contributed by atoms with Crippen molar-refractivity contribution in [1.29, 1.82) is 0 Å². The third-order valence-corrected chi connectivity index (χ3v) is 1.75. The lowest BCUT2D eigenvalue weighted by Gasteiger charge is -2.19. The number of rotatable bonds is 2. The van der Waals surface area contributed by atoms with Crippen molar-refractivity contribution in [3.8, 4) is 0 Å². The molecule has 1 saturated heterocycles.